The van der Waals surface area contributed by atoms with Gasteiger partial charge in [-0.15, -0.1) is 0 Å². The van der Waals surface area contributed by atoms with E-state index in [1.54, 1.807) is 0 Å². The Kier molecular flexibility index (Phi) is 3.79. The molecule has 2 aliphatic rings. The van der Waals surface area contributed by atoms with E-state index in [-0.39, 0.29) is 5.91 Å². The number of nitrogens with one attached hydrogen (secondary N) is 2. The zero-order chi connectivity index (χ0) is 14.0. The Bertz CT molecular complexity index is 476. The van der Waals surface area contributed by atoms with Crippen molar-refractivity contribution in [3.05, 3.63) is 35.4 Å². The second-order valence-electron chi connectivity index (χ2n) is 6.46. The summed E-state index contributed by atoms with van der Waals surface area (Å²) < 4.78 is 0. The zero-order valence-electron chi connectivity index (χ0n) is 12.2. The number of amides is 1. The standard InChI is InChI=1S/C17H24N2O/c1-13-2-4-14(5-3-13)12-17(9-10-17)19-15-6-7-16(20)18-11-8-15/h2-5,15,19H,6-12H2,1H3,(H,18,20)/t15-/m0/s1. The van der Waals surface area contributed by atoms with Crippen LogP contribution in [0.2, 0.25) is 0 Å². The Hall–Kier alpha value is -1.35. The summed E-state index contributed by atoms with van der Waals surface area (Å²) in [4.78, 5) is 11.4. The number of aryl methyl sites for hydroxylation is 1. The molecule has 0 aromatic heterocycles. The van der Waals surface area contributed by atoms with Crippen LogP contribution in [0.25, 0.3) is 0 Å². The molecule has 1 saturated heterocycles. The summed E-state index contributed by atoms with van der Waals surface area (Å²) in [5, 5.41) is 6.80. The number of carbonyl (C=O) groups is 1. The van der Waals surface area contributed by atoms with Crippen molar-refractivity contribution in [1.82, 2.24) is 10.6 Å². The predicted molar refractivity (Wildman–Crippen MR) is 80.6 cm³/mol. The Balaban J connectivity index is 1.58. The summed E-state index contributed by atoms with van der Waals surface area (Å²) in [6.07, 6.45) is 6.34. The second-order valence-corrected chi connectivity index (χ2v) is 6.46. The van der Waals surface area contributed by atoms with Crippen molar-refractivity contribution < 1.29 is 4.79 Å². The molecule has 1 heterocycles. The van der Waals surface area contributed by atoms with Gasteiger partial charge in [-0.25, -0.2) is 0 Å². The van der Waals surface area contributed by atoms with Gasteiger partial charge in [-0.05, 0) is 44.6 Å². The van der Waals surface area contributed by atoms with Crippen LogP contribution in [-0.4, -0.2) is 24.0 Å². The van der Waals surface area contributed by atoms with Crippen LogP contribution in [0.4, 0.5) is 0 Å². The van der Waals surface area contributed by atoms with E-state index in [2.05, 4.69) is 41.8 Å². The van der Waals surface area contributed by atoms with Crippen molar-refractivity contribution in [2.45, 2.75) is 57.0 Å². The van der Waals surface area contributed by atoms with Gasteiger partial charge in [0.25, 0.3) is 0 Å². The van der Waals surface area contributed by atoms with E-state index in [1.165, 1.54) is 24.0 Å². The van der Waals surface area contributed by atoms with Gasteiger partial charge in [-0.2, -0.15) is 0 Å². The van der Waals surface area contributed by atoms with Gasteiger partial charge in [0.15, 0.2) is 0 Å². The van der Waals surface area contributed by atoms with Gasteiger partial charge in [-0.3, -0.25) is 4.79 Å². The SMILES string of the molecule is Cc1ccc(CC2(N[C@@H]3CCNC(=O)CC3)CC2)cc1. The van der Waals surface area contributed by atoms with Gasteiger partial charge >= 0.3 is 0 Å². The highest BCUT2D eigenvalue weighted by molar-refractivity contribution is 5.76. The first-order valence-corrected chi connectivity index (χ1v) is 7.75. The Morgan fingerprint density at radius 1 is 1.25 bits per heavy atom. The van der Waals surface area contributed by atoms with Crippen LogP contribution < -0.4 is 10.6 Å². The number of benzene rings is 1. The number of hydrogen-bond acceptors (Lipinski definition) is 2. The van der Waals surface area contributed by atoms with Crippen molar-refractivity contribution in [1.29, 1.82) is 0 Å². The van der Waals surface area contributed by atoms with E-state index >= 15 is 0 Å². The van der Waals surface area contributed by atoms with E-state index in [1.807, 2.05) is 0 Å². The maximum Gasteiger partial charge on any atom is 0.220 e. The molecule has 1 saturated carbocycles. The molecule has 3 nitrogen and oxygen atoms in total. The minimum absolute atomic E-state index is 0.206. The molecule has 3 heteroatoms. The fourth-order valence-corrected chi connectivity index (χ4v) is 3.12. The van der Waals surface area contributed by atoms with Gasteiger partial charge in [0.1, 0.15) is 0 Å². The van der Waals surface area contributed by atoms with Crippen molar-refractivity contribution >= 4 is 5.91 Å². The molecule has 0 spiro atoms. The lowest BCUT2D eigenvalue weighted by molar-refractivity contribution is -0.120. The third-order valence-corrected chi connectivity index (χ3v) is 4.56. The first-order valence-electron chi connectivity index (χ1n) is 7.75. The molecule has 1 aliphatic heterocycles. The summed E-state index contributed by atoms with van der Waals surface area (Å²) in [5.74, 6) is 0.206. The van der Waals surface area contributed by atoms with E-state index < -0.39 is 0 Å². The highest BCUT2D eigenvalue weighted by Gasteiger charge is 2.43. The molecule has 1 aromatic rings. The summed E-state index contributed by atoms with van der Waals surface area (Å²) in [6.45, 7) is 2.95. The van der Waals surface area contributed by atoms with Crippen molar-refractivity contribution in [3.8, 4) is 0 Å². The fourth-order valence-electron chi connectivity index (χ4n) is 3.12. The van der Waals surface area contributed by atoms with Crippen LogP contribution in [-0.2, 0) is 11.2 Å². The van der Waals surface area contributed by atoms with Gasteiger partial charge in [0.2, 0.25) is 5.91 Å². The minimum Gasteiger partial charge on any atom is -0.356 e. The molecular weight excluding hydrogens is 248 g/mol. The number of rotatable bonds is 4. The zero-order valence-corrected chi connectivity index (χ0v) is 12.2. The molecule has 1 amide bonds. The average molecular weight is 272 g/mol. The molecule has 2 N–H and O–H groups in total. The van der Waals surface area contributed by atoms with E-state index in [4.69, 9.17) is 0 Å². The summed E-state index contributed by atoms with van der Waals surface area (Å²) in [7, 11) is 0. The van der Waals surface area contributed by atoms with Crippen LogP contribution in [0.3, 0.4) is 0 Å². The molecular formula is C17H24N2O. The predicted octanol–water partition coefficient (Wildman–Crippen LogP) is 2.33. The molecule has 0 radical (unpaired) electrons. The molecule has 108 valence electrons. The molecule has 2 fully saturated rings. The van der Waals surface area contributed by atoms with Gasteiger partial charge in [-0.1, -0.05) is 29.8 Å². The average Bonchev–Trinajstić information content (AvgIpc) is 3.20. The maximum atomic E-state index is 11.4. The summed E-state index contributed by atoms with van der Waals surface area (Å²) in [5.41, 5.74) is 3.04. The number of hydrogen-bond donors (Lipinski definition) is 2. The fraction of sp³-hybridized carbons (Fsp3) is 0.588. The third-order valence-electron chi connectivity index (χ3n) is 4.56. The Morgan fingerprint density at radius 3 is 2.70 bits per heavy atom. The van der Waals surface area contributed by atoms with Gasteiger partial charge in [0.05, 0.1) is 0 Å². The molecule has 20 heavy (non-hydrogen) atoms. The van der Waals surface area contributed by atoms with Crippen LogP contribution >= 0.6 is 0 Å². The minimum atomic E-state index is 0.206. The lowest BCUT2D eigenvalue weighted by atomic mass is 10.0. The quantitative estimate of drug-likeness (QED) is 0.883. The maximum absolute atomic E-state index is 11.4. The van der Waals surface area contributed by atoms with Crippen LogP contribution in [0.1, 0.15) is 43.2 Å². The largest absolute Gasteiger partial charge is 0.356 e. The smallest absolute Gasteiger partial charge is 0.220 e. The molecule has 1 aromatic carbocycles. The topological polar surface area (TPSA) is 41.1 Å². The van der Waals surface area contributed by atoms with Crippen LogP contribution in [0, 0.1) is 6.92 Å². The lowest BCUT2D eigenvalue weighted by Crippen LogP contribution is -2.42. The molecule has 1 atom stereocenters. The summed E-state index contributed by atoms with van der Waals surface area (Å²) in [6, 6.07) is 9.37. The van der Waals surface area contributed by atoms with Crippen LogP contribution in [0.15, 0.2) is 24.3 Å². The first-order chi connectivity index (χ1) is 9.65. The number of carbonyl (C=O) groups excluding carboxylic acids is 1. The van der Waals surface area contributed by atoms with Crippen molar-refractivity contribution in [3.63, 3.8) is 0 Å². The lowest BCUT2D eigenvalue weighted by Gasteiger charge is -2.24. The third kappa shape index (κ3) is 3.40. The molecule has 1 aliphatic carbocycles. The van der Waals surface area contributed by atoms with Crippen molar-refractivity contribution in [2.24, 2.45) is 0 Å². The van der Waals surface area contributed by atoms with Gasteiger partial charge < -0.3 is 10.6 Å². The van der Waals surface area contributed by atoms with E-state index in [0.717, 1.165) is 25.8 Å². The Morgan fingerprint density at radius 2 is 2.00 bits per heavy atom. The molecule has 0 unspecified atom stereocenters. The van der Waals surface area contributed by atoms with Gasteiger partial charge in [0, 0.05) is 24.5 Å². The summed E-state index contributed by atoms with van der Waals surface area (Å²) >= 11 is 0. The highest BCUT2D eigenvalue weighted by atomic mass is 16.1. The normalized spacial score (nSPS) is 24.9. The van der Waals surface area contributed by atoms with E-state index in [0.29, 0.717) is 18.0 Å². The van der Waals surface area contributed by atoms with Crippen LogP contribution in [0.5, 0.6) is 0 Å². The molecule has 3 rings (SSSR count). The van der Waals surface area contributed by atoms with E-state index in [9.17, 15) is 4.79 Å². The first kappa shape index (κ1) is 13.6. The molecule has 0 bridgehead atoms. The monoisotopic (exact) mass is 272 g/mol. The second kappa shape index (κ2) is 5.57. The highest BCUT2D eigenvalue weighted by Crippen LogP contribution is 2.39. The Labute approximate surface area is 121 Å². The van der Waals surface area contributed by atoms with Crippen molar-refractivity contribution in [2.75, 3.05) is 6.54 Å².